The number of aryl methyl sites for hydroxylation is 4. The Kier molecular flexibility index (Phi) is 4.12. The molecule has 0 aromatic heterocycles. The van der Waals surface area contributed by atoms with E-state index in [-0.39, 0.29) is 6.04 Å². The van der Waals surface area contributed by atoms with Gasteiger partial charge in [0.15, 0.2) is 0 Å². The number of benzene rings is 2. The van der Waals surface area contributed by atoms with Gasteiger partial charge in [0.2, 0.25) is 0 Å². The Morgan fingerprint density at radius 2 is 1.76 bits per heavy atom. The lowest BCUT2D eigenvalue weighted by atomic mass is 9.90. The quantitative estimate of drug-likeness (QED) is 0.884. The zero-order chi connectivity index (χ0) is 14.8. The number of hydrogen-bond donors (Lipinski definition) is 1. The van der Waals surface area contributed by atoms with E-state index in [0.29, 0.717) is 0 Å². The maximum absolute atomic E-state index is 6.61. The maximum Gasteiger partial charge on any atom is 0.0554 e. The first-order valence-electron chi connectivity index (χ1n) is 8.22. The highest BCUT2D eigenvalue weighted by Crippen LogP contribution is 2.29. The lowest BCUT2D eigenvalue weighted by molar-refractivity contribution is 0.842. The van der Waals surface area contributed by atoms with Crippen molar-refractivity contribution in [3.8, 4) is 0 Å². The first kappa shape index (κ1) is 14.3. The zero-order valence-corrected chi connectivity index (χ0v) is 13.2. The van der Waals surface area contributed by atoms with Gasteiger partial charge in [-0.05, 0) is 65.5 Å². The largest absolute Gasteiger partial charge is 0.320 e. The van der Waals surface area contributed by atoms with E-state index in [9.17, 15) is 0 Å². The number of hydrogen-bond acceptors (Lipinski definition) is 1. The molecule has 21 heavy (non-hydrogen) atoms. The third kappa shape index (κ3) is 2.75. The van der Waals surface area contributed by atoms with E-state index in [2.05, 4.69) is 50.2 Å². The maximum atomic E-state index is 6.61. The highest BCUT2D eigenvalue weighted by molar-refractivity contribution is 5.43. The molecule has 1 nitrogen and oxygen atoms in total. The molecule has 0 bridgehead atoms. The number of nitrogens with two attached hydrogens (primary N) is 1. The Morgan fingerprint density at radius 3 is 2.52 bits per heavy atom. The molecule has 0 fully saturated rings. The molecule has 1 unspecified atom stereocenters. The van der Waals surface area contributed by atoms with Gasteiger partial charge in [0, 0.05) is 0 Å². The summed E-state index contributed by atoms with van der Waals surface area (Å²) in [7, 11) is 0. The second-order valence-corrected chi connectivity index (χ2v) is 6.10. The molecule has 1 heteroatoms. The smallest absolute Gasteiger partial charge is 0.0554 e. The molecule has 2 N–H and O–H groups in total. The predicted molar refractivity (Wildman–Crippen MR) is 89.7 cm³/mol. The molecule has 1 aliphatic rings. The summed E-state index contributed by atoms with van der Waals surface area (Å²) in [5.41, 5.74) is 14.9. The summed E-state index contributed by atoms with van der Waals surface area (Å²) in [4.78, 5) is 0. The minimum absolute atomic E-state index is 0.00245. The lowest BCUT2D eigenvalue weighted by Crippen LogP contribution is -2.15. The van der Waals surface area contributed by atoms with Crippen molar-refractivity contribution in [3.05, 3.63) is 69.8 Å². The van der Waals surface area contributed by atoms with Crippen LogP contribution < -0.4 is 5.73 Å². The van der Waals surface area contributed by atoms with E-state index in [1.54, 1.807) is 0 Å². The SMILES string of the molecule is CCc1ccc(CC)c(C(N)c2ccc3c(c2)CCC3)c1. The Morgan fingerprint density at radius 1 is 0.952 bits per heavy atom. The fourth-order valence-electron chi connectivity index (χ4n) is 3.44. The van der Waals surface area contributed by atoms with Crippen LogP contribution in [0, 0.1) is 0 Å². The molecule has 3 rings (SSSR count). The Balaban J connectivity index is 1.99. The van der Waals surface area contributed by atoms with Gasteiger partial charge in [0.05, 0.1) is 6.04 Å². The second-order valence-electron chi connectivity index (χ2n) is 6.10. The molecule has 0 aliphatic heterocycles. The summed E-state index contributed by atoms with van der Waals surface area (Å²) >= 11 is 0. The van der Waals surface area contributed by atoms with E-state index in [0.717, 1.165) is 12.8 Å². The standard InChI is InChI=1S/C20H25N/c1-3-14-8-9-15(4-2)19(12-14)20(21)18-11-10-16-6-5-7-17(16)13-18/h8-13,20H,3-7,21H2,1-2H3. The molecule has 1 atom stereocenters. The fraction of sp³-hybridized carbons (Fsp3) is 0.400. The normalized spacial score (nSPS) is 15.0. The van der Waals surface area contributed by atoms with Crippen molar-refractivity contribution in [1.82, 2.24) is 0 Å². The van der Waals surface area contributed by atoms with Crippen molar-refractivity contribution < 1.29 is 0 Å². The zero-order valence-electron chi connectivity index (χ0n) is 13.2. The van der Waals surface area contributed by atoms with E-state index >= 15 is 0 Å². The molecule has 0 heterocycles. The van der Waals surface area contributed by atoms with Crippen LogP contribution in [0.15, 0.2) is 36.4 Å². The van der Waals surface area contributed by atoms with Gasteiger partial charge < -0.3 is 5.73 Å². The summed E-state index contributed by atoms with van der Waals surface area (Å²) in [5.74, 6) is 0. The summed E-state index contributed by atoms with van der Waals surface area (Å²) in [6, 6.07) is 13.6. The van der Waals surface area contributed by atoms with Crippen LogP contribution in [0.2, 0.25) is 0 Å². The van der Waals surface area contributed by atoms with E-state index in [1.165, 1.54) is 52.6 Å². The third-order valence-electron chi connectivity index (χ3n) is 4.82. The average molecular weight is 279 g/mol. The molecular weight excluding hydrogens is 254 g/mol. The van der Waals surface area contributed by atoms with Crippen molar-refractivity contribution >= 4 is 0 Å². The van der Waals surface area contributed by atoms with Crippen molar-refractivity contribution in [2.45, 2.75) is 52.0 Å². The molecule has 1 aliphatic carbocycles. The molecule has 110 valence electrons. The van der Waals surface area contributed by atoms with Crippen LogP contribution in [0.5, 0.6) is 0 Å². The van der Waals surface area contributed by atoms with Crippen LogP contribution in [0.3, 0.4) is 0 Å². The Bertz CT molecular complexity index is 642. The van der Waals surface area contributed by atoms with Gasteiger partial charge in [-0.3, -0.25) is 0 Å². The van der Waals surface area contributed by atoms with Crippen LogP contribution >= 0.6 is 0 Å². The van der Waals surface area contributed by atoms with Crippen LogP contribution in [-0.4, -0.2) is 0 Å². The molecule has 2 aromatic rings. The first-order chi connectivity index (χ1) is 10.2. The van der Waals surface area contributed by atoms with E-state index in [1.807, 2.05) is 0 Å². The molecule has 0 radical (unpaired) electrons. The minimum Gasteiger partial charge on any atom is -0.320 e. The number of rotatable bonds is 4. The average Bonchev–Trinajstić information content (AvgIpc) is 3.01. The van der Waals surface area contributed by atoms with E-state index in [4.69, 9.17) is 5.73 Å². The fourth-order valence-corrected chi connectivity index (χ4v) is 3.44. The minimum atomic E-state index is -0.00245. The summed E-state index contributed by atoms with van der Waals surface area (Å²) in [6.07, 6.45) is 5.84. The van der Waals surface area contributed by atoms with Crippen LogP contribution in [0.25, 0.3) is 0 Å². The molecule has 0 spiro atoms. The van der Waals surface area contributed by atoms with Gasteiger partial charge >= 0.3 is 0 Å². The van der Waals surface area contributed by atoms with Crippen LogP contribution in [0.4, 0.5) is 0 Å². The lowest BCUT2D eigenvalue weighted by Gasteiger charge is -2.18. The van der Waals surface area contributed by atoms with Crippen LogP contribution in [0.1, 0.15) is 59.7 Å². The van der Waals surface area contributed by atoms with Gasteiger partial charge in [-0.25, -0.2) is 0 Å². The topological polar surface area (TPSA) is 26.0 Å². The van der Waals surface area contributed by atoms with Crippen molar-refractivity contribution in [3.63, 3.8) is 0 Å². The Hall–Kier alpha value is -1.60. The Labute approximate surface area is 128 Å². The van der Waals surface area contributed by atoms with Gasteiger partial charge in [-0.2, -0.15) is 0 Å². The monoisotopic (exact) mass is 279 g/mol. The summed E-state index contributed by atoms with van der Waals surface area (Å²) in [6.45, 7) is 4.41. The van der Waals surface area contributed by atoms with Gasteiger partial charge in [0.25, 0.3) is 0 Å². The van der Waals surface area contributed by atoms with Crippen molar-refractivity contribution in [2.24, 2.45) is 5.73 Å². The second kappa shape index (κ2) is 6.03. The third-order valence-corrected chi connectivity index (χ3v) is 4.82. The number of fused-ring (bicyclic) bond motifs is 1. The summed E-state index contributed by atoms with van der Waals surface area (Å²) < 4.78 is 0. The highest BCUT2D eigenvalue weighted by Gasteiger charge is 2.17. The van der Waals surface area contributed by atoms with Gasteiger partial charge in [-0.1, -0.05) is 50.2 Å². The molecule has 0 saturated heterocycles. The molecule has 2 aromatic carbocycles. The molecule has 0 saturated carbocycles. The summed E-state index contributed by atoms with van der Waals surface area (Å²) in [5, 5.41) is 0. The van der Waals surface area contributed by atoms with Crippen molar-refractivity contribution in [1.29, 1.82) is 0 Å². The van der Waals surface area contributed by atoms with Crippen LogP contribution in [-0.2, 0) is 25.7 Å². The molecular formula is C20H25N. The predicted octanol–water partition coefficient (Wildman–Crippen LogP) is 4.35. The van der Waals surface area contributed by atoms with E-state index < -0.39 is 0 Å². The first-order valence-corrected chi connectivity index (χ1v) is 8.22. The van der Waals surface area contributed by atoms with Gasteiger partial charge in [0.1, 0.15) is 0 Å². The van der Waals surface area contributed by atoms with Gasteiger partial charge in [-0.15, -0.1) is 0 Å². The highest BCUT2D eigenvalue weighted by atomic mass is 14.6. The van der Waals surface area contributed by atoms with Crippen molar-refractivity contribution in [2.75, 3.05) is 0 Å². The molecule has 0 amide bonds.